The lowest BCUT2D eigenvalue weighted by molar-refractivity contribution is -0.0723. The van der Waals surface area contributed by atoms with Crippen LogP contribution in [0.2, 0.25) is 5.02 Å². The van der Waals surface area contributed by atoms with Gasteiger partial charge in [-0.15, -0.1) is 0 Å². The summed E-state index contributed by atoms with van der Waals surface area (Å²) < 4.78 is 5.43. The van der Waals surface area contributed by atoms with E-state index in [1.807, 2.05) is 31.2 Å². The third-order valence-electron chi connectivity index (χ3n) is 3.37. The van der Waals surface area contributed by atoms with Crippen LogP contribution in [0.15, 0.2) is 24.3 Å². The first kappa shape index (κ1) is 11.9. The Kier molecular flexibility index (Phi) is 3.53. The fourth-order valence-electron chi connectivity index (χ4n) is 2.28. The lowest BCUT2D eigenvalue weighted by Crippen LogP contribution is -2.37. The smallest absolute Gasteiger partial charge is 0.0932 e. The van der Waals surface area contributed by atoms with Gasteiger partial charge in [-0.3, -0.25) is 0 Å². The lowest BCUT2D eigenvalue weighted by atomic mass is 9.80. The van der Waals surface area contributed by atoms with Gasteiger partial charge in [0.05, 0.1) is 12.2 Å². The van der Waals surface area contributed by atoms with Gasteiger partial charge in [0.15, 0.2) is 0 Å². The van der Waals surface area contributed by atoms with Crippen molar-refractivity contribution in [3.63, 3.8) is 0 Å². The van der Waals surface area contributed by atoms with Crippen LogP contribution in [0.5, 0.6) is 0 Å². The second-order valence-electron chi connectivity index (χ2n) is 4.54. The predicted octanol–water partition coefficient (Wildman–Crippen LogP) is 2.97. The maximum absolute atomic E-state index is 10.6. The van der Waals surface area contributed by atoms with Crippen molar-refractivity contribution < 1.29 is 9.84 Å². The summed E-state index contributed by atoms with van der Waals surface area (Å²) in [5.74, 6) is 0.126. The molecule has 1 aromatic carbocycles. The summed E-state index contributed by atoms with van der Waals surface area (Å²) in [6.45, 7) is 3.24. The molecule has 1 aromatic rings. The average molecular weight is 241 g/mol. The highest BCUT2D eigenvalue weighted by molar-refractivity contribution is 6.31. The van der Waals surface area contributed by atoms with E-state index < -0.39 is 5.60 Å². The third-order valence-corrected chi connectivity index (χ3v) is 3.70. The van der Waals surface area contributed by atoms with Gasteiger partial charge in [-0.2, -0.15) is 0 Å². The second kappa shape index (κ2) is 4.74. The van der Waals surface area contributed by atoms with Crippen molar-refractivity contribution in [2.24, 2.45) is 5.92 Å². The van der Waals surface area contributed by atoms with E-state index in [1.54, 1.807) is 0 Å². The number of ether oxygens (including phenoxy) is 1. The van der Waals surface area contributed by atoms with Crippen molar-refractivity contribution in [2.75, 3.05) is 13.2 Å². The van der Waals surface area contributed by atoms with Crippen LogP contribution in [0.1, 0.15) is 25.3 Å². The Bertz CT molecular complexity index is 357. The van der Waals surface area contributed by atoms with Gasteiger partial charge in [-0.1, -0.05) is 29.8 Å². The predicted molar refractivity (Wildman–Crippen MR) is 64.6 cm³/mol. The second-order valence-corrected chi connectivity index (χ2v) is 4.95. The van der Waals surface area contributed by atoms with E-state index >= 15 is 0 Å². The Labute approximate surface area is 101 Å². The zero-order valence-corrected chi connectivity index (χ0v) is 10.2. The Morgan fingerprint density at radius 3 is 2.81 bits per heavy atom. The maximum Gasteiger partial charge on any atom is 0.0932 e. The number of rotatable bonds is 2. The topological polar surface area (TPSA) is 29.5 Å². The summed E-state index contributed by atoms with van der Waals surface area (Å²) in [5.41, 5.74) is -0.106. The molecule has 0 bridgehead atoms. The molecule has 0 spiro atoms. The fraction of sp³-hybridized carbons (Fsp3) is 0.538. The summed E-state index contributed by atoms with van der Waals surface area (Å²) in [7, 11) is 0. The SMILES string of the molecule is CC(O)(c1ccccc1Cl)C1CCCOC1. The normalized spacial score (nSPS) is 25.1. The molecule has 1 saturated heterocycles. The first-order valence-electron chi connectivity index (χ1n) is 5.67. The number of halogens is 1. The summed E-state index contributed by atoms with van der Waals surface area (Å²) in [5, 5.41) is 11.3. The Morgan fingerprint density at radius 1 is 1.44 bits per heavy atom. The Morgan fingerprint density at radius 2 is 2.19 bits per heavy atom. The molecule has 2 rings (SSSR count). The quantitative estimate of drug-likeness (QED) is 0.861. The van der Waals surface area contributed by atoms with Gasteiger partial charge in [-0.05, 0) is 25.8 Å². The zero-order chi connectivity index (χ0) is 11.6. The van der Waals surface area contributed by atoms with Gasteiger partial charge >= 0.3 is 0 Å². The minimum absolute atomic E-state index is 0.126. The van der Waals surface area contributed by atoms with E-state index in [-0.39, 0.29) is 5.92 Å². The molecular formula is C13H17ClO2. The van der Waals surface area contributed by atoms with Gasteiger partial charge in [-0.25, -0.2) is 0 Å². The molecule has 0 saturated carbocycles. The minimum atomic E-state index is -0.904. The maximum atomic E-state index is 10.6. The van der Waals surface area contributed by atoms with Gasteiger partial charge in [0.2, 0.25) is 0 Å². The van der Waals surface area contributed by atoms with Gasteiger partial charge in [0.1, 0.15) is 0 Å². The Hall–Kier alpha value is -0.570. The van der Waals surface area contributed by atoms with Crippen molar-refractivity contribution in [3.8, 4) is 0 Å². The molecule has 0 aromatic heterocycles. The van der Waals surface area contributed by atoms with E-state index in [1.165, 1.54) is 0 Å². The van der Waals surface area contributed by atoms with Crippen molar-refractivity contribution in [2.45, 2.75) is 25.4 Å². The van der Waals surface area contributed by atoms with Gasteiger partial charge < -0.3 is 9.84 Å². The molecule has 1 aliphatic heterocycles. The lowest BCUT2D eigenvalue weighted by Gasteiger charge is -2.36. The summed E-state index contributed by atoms with van der Waals surface area (Å²) in [4.78, 5) is 0. The monoisotopic (exact) mass is 240 g/mol. The largest absolute Gasteiger partial charge is 0.385 e. The van der Waals surface area contributed by atoms with Crippen LogP contribution in [0.4, 0.5) is 0 Å². The molecule has 1 fully saturated rings. The van der Waals surface area contributed by atoms with E-state index in [4.69, 9.17) is 16.3 Å². The molecule has 0 aliphatic carbocycles. The van der Waals surface area contributed by atoms with Crippen LogP contribution in [0, 0.1) is 5.92 Å². The van der Waals surface area contributed by atoms with E-state index in [0.717, 1.165) is 25.0 Å². The van der Waals surface area contributed by atoms with Crippen molar-refractivity contribution in [1.29, 1.82) is 0 Å². The third kappa shape index (κ3) is 2.24. The van der Waals surface area contributed by atoms with Gasteiger partial charge in [0, 0.05) is 23.1 Å². The number of aliphatic hydroxyl groups is 1. The summed E-state index contributed by atoms with van der Waals surface area (Å²) in [6, 6.07) is 7.48. The molecule has 3 heteroatoms. The molecular weight excluding hydrogens is 224 g/mol. The average Bonchev–Trinajstić information content (AvgIpc) is 2.30. The zero-order valence-electron chi connectivity index (χ0n) is 9.45. The van der Waals surface area contributed by atoms with E-state index in [2.05, 4.69) is 0 Å². The molecule has 0 radical (unpaired) electrons. The van der Waals surface area contributed by atoms with Crippen molar-refractivity contribution >= 4 is 11.6 Å². The molecule has 1 N–H and O–H groups in total. The highest BCUT2D eigenvalue weighted by Crippen LogP contribution is 2.37. The highest BCUT2D eigenvalue weighted by atomic mass is 35.5. The molecule has 16 heavy (non-hydrogen) atoms. The first-order valence-corrected chi connectivity index (χ1v) is 6.05. The van der Waals surface area contributed by atoms with Crippen molar-refractivity contribution in [3.05, 3.63) is 34.9 Å². The summed E-state index contributed by atoms with van der Waals surface area (Å²) in [6.07, 6.45) is 1.99. The van der Waals surface area contributed by atoms with Crippen LogP contribution in [-0.4, -0.2) is 18.3 Å². The van der Waals surface area contributed by atoms with Crippen LogP contribution in [-0.2, 0) is 10.3 Å². The van der Waals surface area contributed by atoms with Crippen LogP contribution < -0.4 is 0 Å². The number of benzene rings is 1. The van der Waals surface area contributed by atoms with Gasteiger partial charge in [0.25, 0.3) is 0 Å². The Balaban J connectivity index is 2.26. The molecule has 2 unspecified atom stereocenters. The number of hydrogen-bond acceptors (Lipinski definition) is 2. The van der Waals surface area contributed by atoms with Crippen LogP contribution >= 0.6 is 11.6 Å². The fourth-order valence-corrected chi connectivity index (χ4v) is 2.60. The minimum Gasteiger partial charge on any atom is -0.385 e. The summed E-state index contributed by atoms with van der Waals surface area (Å²) >= 11 is 6.13. The standard InChI is InChI=1S/C13H17ClO2/c1-13(15,10-5-4-8-16-9-10)11-6-2-3-7-12(11)14/h2-3,6-7,10,15H,4-5,8-9H2,1H3. The molecule has 2 atom stereocenters. The first-order chi connectivity index (χ1) is 7.62. The van der Waals surface area contributed by atoms with E-state index in [9.17, 15) is 5.11 Å². The van der Waals surface area contributed by atoms with Crippen molar-refractivity contribution in [1.82, 2.24) is 0 Å². The molecule has 88 valence electrons. The number of hydrogen-bond donors (Lipinski definition) is 1. The molecule has 1 heterocycles. The molecule has 2 nitrogen and oxygen atoms in total. The molecule has 0 amide bonds. The highest BCUT2D eigenvalue weighted by Gasteiger charge is 2.36. The van der Waals surface area contributed by atoms with Crippen LogP contribution in [0.3, 0.4) is 0 Å². The van der Waals surface area contributed by atoms with E-state index in [0.29, 0.717) is 11.6 Å². The van der Waals surface area contributed by atoms with Crippen LogP contribution in [0.25, 0.3) is 0 Å². The molecule has 1 aliphatic rings.